The van der Waals surface area contributed by atoms with Gasteiger partial charge in [-0.1, -0.05) is 45.2 Å². The zero-order chi connectivity index (χ0) is 23.8. The summed E-state index contributed by atoms with van der Waals surface area (Å²) in [5.41, 5.74) is 1.01. The van der Waals surface area contributed by atoms with Gasteiger partial charge in [-0.3, -0.25) is 0 Å². The first-order valence-corrected chi connectivity index (χ1v) is 11.8. The fourth-order valence-corrected chi connectivity index (χ4v) is 5.03. The molecule has 33 heavy (non-hydrogen) atoms. The van der Waals surface area contributed by atoms with Crippen LogP contribution in [0.1, 0.15) is 75.5 Å². The monoisotopic (exact) mass is 468 g/mol. The van der Waals surface area contributed by atoms with Crippen molar-refractivity contribution in [3.05, 3.63) is 52.3 Å². The Morgan fingerprint density at radius 3 is 2.27 bits per heavy atom. The summed E-state index contributed by atoms with van der Waals surface area (Å²) in [6, 6.07) is 4.34. The first kappa shape index (κ1) is 23.8. The highest BCUT2D eigenvalue weighted by Crippen LogP contribution is 2.46. The van der Waals surface area contributed by atoms with Gasteiger partial charge in [0.1, 0.15) is 0 Å². The van der Waals surface area contributed by atoms with Crippen LogP contribution >= 0.6 is 0 Å². The molecule has 4 rings (SSSR count). The number of ether oxygens (including phenoxy) is 2. The number of aryl methyl sites for hydroxylation is 1. The van der Waals surface area contributed by atoms with Gasteiger partial charge in [-0.05, 0) is 49.7 Å². The Morgan fingerprint density at radius 1 is 0.909 bits per heavy atom. The van der Waals surface area contributed by atoms with Gasteiger partial charge < -0.3 is 9.47 Å². The molecular formula is C26H29F5O2. The van der Waals surface area contributed by atoms with Crippen molar-refractivity contribution in [1.29, 1.82) is 0 Å². The molecule has 1 aliphatic carbocycles. The highest BCUT2D eigenvalue weighted by molar-refractivity contribution is 5.54. The molecule has 1 heterocycles. The van der Waals surface area contributed by atoms with E-state index in [2.05, 4.69) is 6.92 Å². The molecule has 1 saturated carbocycles. The van der Waals surface area contributed by atoms with Gasteiger partial charge in [-0.15, -0.1) is 0 Å². The number of fused-ring (bicyclic) bond motifs is 2. The Kier molecular flexibility index (Phi) is 6.87. The van der Waals surface area contributed by atoms with Gasteiger partial charge in [-0.2, -0.15) is 17.6 Å². The molecule has 0 spiro atoms. The van der Waals surface area contributed by atoms with Crippen molar-refractivity contribution in [3.8, 4) is 17.2 Å². The lowest BCUT2D eigenvalue weighted by Crippen LogP contribution is -2.37. The summed E-state index contributed by atoms with van der Waals surface area (Å²) in [7, 11) is 0. The molecule has 0 N–H and O–H groups in total. The normalized spacial score (nSPS) is 20.1. The maximum Gasteiger partial charge on any atom is 0.400 e. The van der Waals surface area contributed by atoms with Crippen molar-refractivity contribution >= 4 is 0 Å². The summed E-state index contributed by atoms with van der Waals surface area (Å²) in [5.74, 6) is -5.70. The molecule has 7 heteroatoms. The zero-order valence-electron chi connectivity index (χ0n) is 19.0. The molecule has 1 fully saturated rings. The zero-order valence-corrected chi connectivity index (χ0v) is 19.0. The average molecular weight is 469 g/mol. The lowest BCUT2D eigenvalue weighted by molar-refractivity contribution is -0.224. The number of alkyl halides is 2. The molecule has 1 aliphatic heterocycles. The maximum absolute atomic E-state index is 14.9. The SMILES string of the molecule is CCCc1ccc2c(c1F)Oc1c(cc(OC(F)(F)C3CCC(CCC)CC3)c(F)c1F)C2. The largest absolute Gasteiger partial charge is 0.450 e. The third kappa shape index (κ3) is 4.69. The van der Waals surface area contributed by atoms with Gasteiger partial charge in [0.25, 0.3) is 0 Å². The molecule has 0 unspecified atom stereocenters. The summed E-state index contributed by atoms with van der Waals surface area (Å²) in [6.07, 6.45) is 1.53. The van der Waals surface area contributed by atoms with Crippen molar-refractivity contribution in [2.75, 3.05) is 0 Å². The summed E-state index contributed by atoms with van der Waals surface area (Å²) in [5, 5.41) is 0. The molecule has 2 aliphatic rings. The second-order valence-corrected chi connectivity index (χ2v) is 9.22. The second-order valence-electron chi connectivity index (χ2n) is 9.22. The Morgan fingerprint density at radius 2 is 1.61 bits per heavy atom. The highest BCUT2D eigenvalue weighted by Gasteiger charge is 2.45. The van der Waals surface area contributed by atoms with E-state index in [9.17, 15) is 22.0 Å². The third-order valence-electron chi connectivity index (χ3n) is 6.83. The summed E-state index contributed by atoms with van der Waals surface area (Å²) in [4.78, 5) is 0. The molecule has 0 radical (unpaired) electrons. The number of rotatable bonds is 7. The van der Waals surface area contributed by atoms with Crippen molar-refractivity contribution in [3.63, 3.8) is 0 Å². The third-order valence-corrected chi connectivity index (χ3v) is 6.83. The van der Waals surface area contributed by atoms with E-state index in [4.69, 9.17) is 9.47 Å². The van der Waals surface area contributed by atoms with E-state index in [0.29, 0.717) is 42.7 Å². The molecule has 0 aromatic heterocycles. The quantitative estimate of drug-likeness (QED) is 0.325. The van der Waals surface area contributed by atoms with Gasteiger partial charge in [-0.25, -0.2) is 4.39 Å². The number of benzene rings is 2. The van der Waals surface area contributed by atoms with Gasteiger partial charge in [0.2, 0.25) is 11.6 Å². The second kappa shape index (κ2) is 9.51. The fourth-order valence-electron chi connectivity index (χ4n) is 5.03. The van der Waals surface area contributed by atoms with E-state index in [1.807, 2.05) is 6.92 Å². The molecule has 0 atom stereocenters. The lowest BCUT2D eigenvalue weighted by atomic mass is 9.79. The number of hydrogen-bond donors (Lipinski definition) is 0. The highest BCUT2D eigenvalue weighted by atomic mass is 19.3. The minimum absolute atomic E-state index is 0.0231. The first-order valence-electron chi connectivity index (χ1n) is 11.8. The van der Waals surface area contributed by atoms with E-state index in [0.717, 1.165) is 18.9 Å². The first-order chi connectivity index (χ1) is 15.7. The summed E-state index contributed by atoms with van der Waals surface area (Å²) >= 11 is 0. The van der Waals surface area contributed by atoms with Crippen LogP contribution in [0.4, 0.5) is 22.0 Å². The molecular weight excluding hydrogens is 439 g/mol. The topological polar surface area (TPSA) is 18.5 Å². The van der Waals surface area contributed by atoms with Crippen LogP contribution < -0.4 is 9.47 Å². The van der Waals surface area contributed by atoms with Crippen LogP contribution in [0.2, 0.25) is 0 Å². The Balaban J connectivity index is 1.57. The van der Waals surface area contributed by atoms with Crippen LogP contribution in [0.15, 0.2) is 18.2 Å². The van der Waals surface area contributed by atoms with E-state index in [-0.39, 0.29) is 30.6 Å². The van der Waals surface area contributed by atoms with E-state index >= 15 is 0 Å². The van der Waals surface area contributed by atoms with Gasteiger partial charge in [0.15, 0.2) is 23.1 Å². The lowest BCUT2D eigenvalue weighted by Gasteiger charge is -2.33. The van der Waals surface area contributed by atoms with E-state index in [1.54, 1.807) is 12.1 Å². The van der Waals surface area contributed by atoms with Crippen LogP contribution in [0.3, 0.4) is 0 Å². The Bertz CT molecular complexity index is 1010. The summed E-state index contributed by atoms with van der Waals surface area (Å²) < 4.78 is 84.3. The van der Waals surface area contributed by atoms with Crippen molar-refractivity contribution in [2.24, 2.45) is 11.8 Å². The van der Waals surface area contributed by atoms with Crippen molar-refractivity contribution < 1.29 is 31.4 Å². The number of hydrogen-bond acceptors (Lipinski definition) is 2. The van der Waals surface area contributed by atoms with E-state index < -0.39 is 41.0 Å². The molecule has 2 aromatic carbocycles. The average Bonchev–Trinajstić information content (AvgIpc) is 2.79. The number of halogens is 5. The van der Waals surface area contributed by atoms with Crippen molar-refractivity contribution in [1.82, 2.24) is 0 Å². The van der Waals surface area contributed by atoms with E-state index in [1.165, 1.54) is 0 Å². The molecule has 0 bridgehead atoms. The van der Waals surface area contributed by atoms with Gasteiger partial charge >= 0.3 is 6.11 Å². The van der Waals surface area contributed by atoms with Crippen LogP contribution in [0.25, 0.3) is 0 Å². The smallest absolute Gasteiger partial charge is 0.400 e. The molecule has 0 saturated heterocycles. The minimum Gasteiger partial charge on any atom is -0.450 e. The van der Waals surface area contributed by atoms with Crippen LogP contribution in [0.5, 0.6) is 17.2 Å². The fraction of sp³-hybridized carbons (Fsp3) is 0.538. The van der Waals surface area contributed by atoms with Crippen molar-refractivity contribution in [2.45, 2.75) is 77.7 Å². The molecule has 0 amide bonds. The maximum atomic E-state index is 14.9. The predicted molar refractivity (Wildman–Crippen MR) is 116 cm³/mol. The van der Waals surface area contributed by atoms with Gasteiger partial charge in [0.05, 0.1) is 5.92 Å². The standard InChI is InChI=1S/C26H29F5O2/c1-3-5-15-7-11-19(12-8-15)26(30,31)33-20-14-18-13-17-10-9-16(6-4-2)21(27)24(17)32-25(18)23(29)22(20)28/h9-10,14-15,19H,3-8,11-13H2,1-2H3. The van der Waals surface area contributed by atoms with Crippen LogP contribution in [0, 0.1) is 29.3 Å². The Hall–Kier alpha value is -2.31. The molecule has 2 nitrogen and oxygen atoms in total. The Labute approximate surface area is 191 Å². The minimum atomic E-state index is -3.62. The predicted octanol–water partition coefficient (Wildman–Crippen LogP) is 8.33. The van der Waals surface area contributed by atoms with Crippen LogP contribution in [-0.4, -0.2) is 6.11 Å². The molecule has 2 aromatic rings. The van der Waals surface area contributed by atoms with Crippen LogP contribution in [-0.2, 0) is 12.8 Å². The van der Waals surface area contributed by atoms with Gasteiger partial charge in [0, 0.05) is 17.5 Å². The molecule has 180 valence electrons. The summed E-state index contributed by atoms with van der Waals surface area (Å²) in [6.45, 7) is 3.97.